The molecule has 0 N–H and O–H groups in total. The van der Waals surface area contributed by atoms with Gasteiger partial charge >= 0.3 is 0 Å². The molecule has 1 atom stereocenters. The summed E-state index contributed by atoms with van der Waals surface area (Å²) in [7, 11) is 0. The third-order valence-electron chi connectivity index (χ3n) is 6.80. The Morgan fingerprint density at radius 3 is 1.96 bits per heavy atom. The molecule has 3 rings (SSSR count). The Balaban J connectivity index is 2.11. The van der Waals surface area contributed by atoms with E-state index in [1.165, 1.54) is 28.7 Å². The first-order valence-electron chi connectivity index (χ1n) is 9.73. The van der Waals surface area contributed by atoms with Crippen molar-refractivity contribution in [2.75, 3.05) is 13.2 Å². The van der Waals surface area contributed by atoms with Crippen molar-refractivity contribution in [3.63, 3.8) is 0 Å². The van der Waals surface area contributed by atoms with Crippen molar-refractivity contribution in [2.45, 2.75) is 85.4 Å². The van der Waals surface area contributed by atoms with Gasteiger partial charge in [0.05, 0.1) is 13.2 Å². The number of rotatable bonds is 1. The zero-order chi connectivity index (χ0) is 18.8. The van der Waals surface area contributed by atoms with Gasteiger partial charge in [-0.1, -0.05) is 54.5 Å². The number of benzene rings is 1. The molecule has 1 saturated heterocycles. The molecule has 1 aromatic rings. The summed E-state index contributed by atoms with van der Waals surface area (Å²) in [5, 5.41) is 0. The summed E-state index contributed by atoms with van der Waals surface area (Å²) in [6.45, 7) is 22.1. The van der Waals surface area contributed by atoms with Crippen LogP contribution in [0.25, 0.3) is 0 Å². The molecule has 1 heterocycles. The lowest BCUT2D eigenvalue weighted by Crippen LogP contribution is -2.45. The maximum absolute atomic E-state index is 6.26. The second-order valence-corrected chi connectivity index (χ2v) is 10.6. The van der Waals surface area contributed by atoms with Crippen LogP contribution in [-0.4, -0.2) is 13.2 Å². The Labute approximate surface area is 154 Å². The minimum atomic E-state index is -0.641. The molecule has 0 unspecified atom stereocenters. The highest BCUT2D eigenvalue weighted by Crippen LogP contribution is 2.51. The van der Waals surface area contributed by atoms with Gasteiger partial charge in [-0.25, -0.2) is 0 Å². The van der Waals surface area contributed by atoms with Gasteiger partial charge in [-0.15, -0.1) is 0 Å². The normalized spacial score (nSPS) is 29.1. The molecule has 2 nitrogen and oxygen atoms in total. The number of hydrogen-bond acceptors (Lipinski definition) is 2. The number of hydrogen-bond donors (Lipinski definition) is 0. The molecule has 2 heteroatoms. The first-order valence-corrected chi connectivity index (χ1v) is 9.73. The molecule has 25 heavy (non-hydrogen) atoms. The minimum Gasteiger partial charge on any atom is -0.345 e. The minimum absolute atomic E-state index is 0.0817. The summed E-state index contributed by atoms with van der Waals surface area (Å²) in [4.78, 5) is 0. The molecular weight excluding hydrogens is 308 g/mol. The van der Waals surface area contributed by atoms with Gasteiger partial charge in [0.1, 0.15) is 0 Å². The molecule has 0 spiro atoms. The smallest absolute Gasteiger partial charge is 0.192 e. The lowest BCUT2D eigenvalue weighted by atomic mass is 9.57. The van der Waals surface area contributed by atoms with E-state index in [-0.39, 0.29) is 16.2 Å². The lowest BCUT2D eigenvalue weighted by molar-refractivity contribution is -0.298. The molecule has 0 amide bonds. The van der Waals surface area contributed by atoms with Gasteiger partial charge in [0.2, 0.25) is 0 Å². The fourth-order valence-electron chi connectivity index (χ4n) is 4.59. The van der Waals surface area contributed by atoms with E-state index < -0.39 is 5.79 Å². The van der Waals surface area contributed by atoms with Crippen LogP contribution in [0.1, 0.15) is 84.1 Å². The van der Waals surface area contributed by atoms with Gasteiger partial charge in [0, 0.05) is 11.0 Å². The van der Waals surface area contributed by atoms with Crippen molar-refractivity contribution in [1.82, 2.24) is 0 Å². The quantitative estimate of drug-likeness (QED) is 0.637. The highest BCUT2D eigenvalue weighted by atomic mass is 16.7. The summed E-state index contributed by atoms with van der Waals surface area (Å²) in [6.07, 6.45) is 1.21. The van der Waals surface area contributed by atoms with Crippen molar-refractivity contribution in [2.24, 2.45) is 11.3 Å². The number of ether oxygens (including phenoxy) is 2. The van der Waals surface area contributed by atoms with E-state index in [0.717, 1.165) is 13.2 Å². The number of fused-ring (bicyclic) bond motifs is 1. The second kappa shape index (κ2) is 5.57. The summed E-state index contributed by atoms with van der Waals surface area (Å²) < 4.78 is 12.5. The van der Waals surface area contributed by atoms with E-state index in [1.54, 1.807) is 0 Å². The fourth-order valence-corrected chi connectivity index (χ4v) is 4.59. The third-order valence-corrected chi connectivity index (χ3v) is 6.80. The van der Waals surface area contributed by atoms with Crippen molar-refractivity contribution in [3.05, 3.63) is 34.4 Å². The van der Waals surface area contributed by atoms with E-state index in [9.17, 15) is 0 Å². The van der Waals surface area contributed by atoms with Crippen LogP contribution in [0.5, 0.6) is 0 Å². The summed E-state index contributed by atoms with van der Waals surface area (Å²) in [5.74, 6) is 0.0246. The van der Waals surface area contributed by atoms with E-state index in [0.29, 0.717) is 5.92 Å². The average molecular weight is 345 g/mol. The van der Waals surface area contributed by atoms with Crippen LogP contribution in [0, 0.1) is 18.3 Å². The highest BCUT2D eigenvalue weighted by molar-refractivity contribution is 5.48. The average Bonchev–Trinajstić information content (AvgIpc) is 2.48. The fraction of sp³-hybridized carbons (Fsp3) is 0.739. The zero-order valence-corrected chi connectivity index (χ0v) is 17.7. The van der Waals surface area contributed by atoms with Crippen molar-refractivity contribution < 1.29 is 9.47 Å². The van der Waals surface area contributed by atoms with E-state index >= 15 is 0 Å². The predicted molar refractivity (Wildman–Crippen MR) is 104 cm³/mol. The SMILES string of the molecule is Cc1cc2c(cc1C1(C)OCC(C)(C)CO1)C(C)(C)C[C@H](C)C2(C)C. The molecular formula is C23H36O2. The van der Waals surface area contributed by atoms with Crippen LogP contribution in [0.4, 0.5) is 0 Å². The Hall–Kier alpha value is -0.860. The molecule has 2 aliphatic rings. The van der Waals surface area contributed by atoms with Gasteiger partial charge in [-0.05, 0) is 59.8 Å². The summed E-state index contributed by atoms with van der Waals surface area (Å²) >= 11 is 0. The Kier molecular flexibility index (Phi) is 4.21. The molecule has 0 bridgehead atoms. The van der Waals surface area contributed by atoms with Gasteiger partial charge < -0.3 is 9.47 Å². The maximum Gasteiger partial charge on any atom is 0.192 e. The van der Waals surface area contributed by atoms with E-state index in [1.807, 2.05) is 0 Å². The molecule has 1 aromatic carbocycles. The van der Waals surface area contributed by atoms with Crippen LogP contribution in [-0.2, 0) is 26.1 Å². The molecule has 0 radical (unpaired) electrons. The van der Waals surface area contributed by atoms with Crippen molar-refractivity contribution in [3.8, 4) is 0 Å². The van der Waals surface area contributed by atoms with Gasteiger partial charge in [0.25, 0.3) is 0 Å². The maximum atomic E-state index is 6.26. The van der Waals surface area contributed by atoms with Crippen LogP contribution in [0.2, 0.25) is 0 Å². The molecule has 1 fully saturated rings. The van der Waals surface area contributed by atoms with Crippen LogP contribution < -0.4 is 0 Å². The number of aryl methyl sites for hydroxylation is 1. The van der Waals surface area contributed by atoms with Gasteiger partial charge in [0.15, 0.2) is 5.79 Å². The molecule has 1 aliphatic heterocycles. The van der Waals surface area contributed by atoms with Crippen LogP contribution in [0.15, 0.2) is 12.1 Å². The predicted octanol–water partition coefficient (Wildman–Crippen LogP) is 5.84. The first-order chi connectivity index (χ1) is 11.3. The molecule has 0 saturated carbocycles. The molecule has 1 aliphatic carbocycles. The Bertz CT molecular complexity index is 672. The van der Waals surface area contributed by atoms with E-state index in [4.69, 9.17) is 9.47 Å². The monoisotopic (exact) mass is 344 g/mol. The lowest BCUT2D eigenvalue weighted by Gasteiger charge is -2.48. The van der Waals surface area contributed by atoms with Crippen molar-refractivity contribution >= 4 is 0 Å². The summed E-state index contributed by atoms with van der Waals surface area (Å²) in [5.41, 5.74) is 5.89. The van der Waals surface area contributed by atoms with Gasteiger partial charge in [-0.2, -0.15) is 0 Å². The topological polar surface area (TPSA) is 18.5 Å². The third kappa shape index (κ3) is 3.06. The summed E-state index contributed by atoms with van der Waals surface area (Å²) in [6, 6.07) is 4.79. The van der Waals surface area contributed by atoms with Crippen LogP contribution in [0.3, 0.4) is 0 Å². The standard InChI is InChI=1S/C23H36O2/c1-15-10-19-18(21(5,6)12-16(2)22(19,7)8)11-17(15)23(9)24-13-20(3,4)14-25-23/h10-11,16H,12-14H2,1-9H3/t16-/m0/s1. The Morgan fingerprint density at radius 1 is 0.840 bits per heavy atom. The highest BCUT2D eigenvalue weighted by Gasteiger charge is 2.45. The molecule has 0 aromatic heterocycles. The van der Waals surface area contributed by atoms with Crippen molar-refractivity contribution in [1.29, 1.82) is 0 Å². The van der Waals surface area contributed by atoms with E-state index in [2.05, 4.69) is 74.4 Å². The van der Waals surface area contributed by atoms with Crippen LogP contribution >= 0.6 is 0 Å². The van der Waals surface area contributed by atoms with Gasteiger partial charge in [-0.3, -0.25) is 0 Å². The first kappa shape index (κ1) is 18.9. The Morgan fingerprint density at radius 2 is 1.40 bits per heavy atom. The zero-order valence-electron chi connectivity index (χ0n) is 17.7. The largest absolute Gasteiger partial charge is 0.345 e. The molecule has 140 valence electrons. The second-order valence-electron chi connectivity index (χ2n) is 10.6.